The van der Waals surface area contributed by atoms with E-state index in [2.05, 4.69) is 31.4 Å². The average molecular weight is 484 g/mol. The summed E-state index contributed by atoms with van der Waals surface area (Å²) in [6, 6.07) is 17.3. The van der Waals surface area contributed by atoms with Gasteiger partial charge in [-0.2, -0.15) is 10.2 Å². The van der Waals surface area contributed by atoms with Crippen LogP contribution < -0.4 is 10.1 Å². The predicted octanol–water partition coefficient (Wildman–Crippen LogP) is 3.74. The molecule has 1 fully saturated rings. The molecule has 0 saturated carbocycles. The Morgan fingerprint density at radius 3 is 2.67 bits per heavy atom. The number of nitrogens with zero attached hydrogens (tertiary/aromatic N) is 6. The topological polar surface area (TPSA) is 120 Å². The predicted molar refractivity (Wildman–Crippen MR) is 131 cm³/mol. The molecule has 0 unspecified atom stereocenters. The van der Waals surface area contributed by atoms with Crippen LogP contribution in [0.2, 0.25) is 0 Å². The molecule has 1 aliphatic rings. The lowest BCUT2D eigenvalue weighted by Gasteiger charge is -2.10. The summed E-state index contributed by atoms with van der Waals surface area (Å²) in [6.07, 6.45) is 6.72. The van der Waals surface area contributed by atoms with Crippen LogP contribution in [0.5, 0.6) is 5.88 Å². The van der Waals surface area contributed by atoms with Crippen LogP contribution in [0.15, 0.2) is 67.1 Å². The van der Waals surface area contributed by atoms with Gasteiger partial charge < -0.3 is 19.5 Å². The Hall–Kier alpha value is -4.33. The third-order valence-electron chi connectivity index (χ3n) is 5.56. The zero-order valence-electron chi connectivity index (χ0n) is 19.6. The van der Waals surface area contributed by atoms with Crippen molar-refractivity contribution < 1.29 is 14.2 Å². The van der Waals surface area contributed by atoms with E-state index in [-0.39, 0.29) is 12.1 Å². The van der Waals surface area contributed by atoms with Crippen LogP contribution in [-0.4, -0.2) is 50.8 Å². The highest BCUT2D eigenvalue weighted by atomic mass is 16.7. The maximum atomic E-state index is 9.50. The fourth-order valence-electron chi connectivity index (χ4n) is 3.71. The van der Waals surface area contributed by atoms with Crippen LogP contribution in [0.4, 0.5) is 5.69 Å². The number of pyridine rings is 2. The molecule has 0 spiro atoms. The first-order valence-corrected chi connectivity index (χ1v) is 11.7. The number of anilines is 1. The van der Waals surface area contributed by atoms with E-state index in [0.29, 0.717) is 38.1 Å². The van der Waals surface area contributed by atoms with Gasteiger partial charge >= 0.3 is 0 Å². The van der Waals surface area contributed by atoms with Crippen LogP contribution in [0.25, 0.3) is 17.1 Å². The van der Waals surface area contributed by atoms with Crippen molar-refractivity contribution >= 4 is 5.69 Å². The van der Waals surface area contributed by atoms with Gasteiger partial charge in [0.2, 0.25) is 11.7 Å². The summed E-state index contributed by atoms with van der Waals surface area (Å²) in [5.41, 5.74) is 3.46. The Morgan fingerprint density at radius 2 is 1.94 bits per heavy atom. The van der Waals surface area contributed by atoms with Crippen LogP contribution in [0, 0.1) is 11.3 Å². The van der Waals surface area contributed by atoms with Crippen molar-refractivity contribution in [2.45, 2.75) is 25.7 Å². The summed E-state index contributed by atoms with van der Waals surface area (Å²) in [5.74, 6) is 1.27. The first-order chi connectivity index (χ1) is 17.8. The first kappa shape index (κ1) is 23.4. The van der Waals surface area contributed by atoms with Gasteiger partial charge in [-0.05, 0) is 48.4 Å². The third kappa shape index (κ3) is 5.83. The zero-order valence-corrected chi connectivity index (χ0v) is 19.6. The highest BCUT2D eigenvalue weighted by Gasteiger charge is 2.15. The van der Waals surface area contributed by atoms with Crippen LogP contribution >= 0.6 is 0 Å². The van der Waals surface area contributed by atoms with E-state index in [9.17, 15) is 5.26 Å². The summed E-state index contributed by atoms with van der Waals surface area (Å²) in [5, 5.41) is 17.4. The minimum atomic E-state index is -0.0991. The fourth-order valence-corrected chi connectivity index (χ4v) is 3.71. The molecular weight excluding hydrogens is 458 g/mol. The molecule has 36 heavy (non-hydrogen) atoms. The van der Waals surface area contributed by atoms with E-state index in [1.807, 2.05) is 48.5 Å². The molecule has 10 nitrogen and oxygen atoms in total. The molecule has 0 bridgehead atoms. The molecule has 4 heterocycles. The van der Waals surface area contributed by atoms with Crippen molar-refractivity contribution in [3.05, 3.63) is 78.5 Å². The van der Waals surface area contributed by atoms with Gasteiger partial charge in [0, 0.05) is 48.9 Å². The van der Waals surface area contributed by atoms with Crippen LogP contribution in [0.3, 0.4) is 0 Å². The first-order valence-electron chi connectivity index (χ1n) is 11.7. The number of hydrogen-bond donors (Lipinski definition) is 1. The van der Waals surface area contributed by atoms with E-state index in [0.717, 1.165) is 35.3 Å². The number of aromatic nitrogens is 5. The molecular formula is C26H25N7O3. The molecule has 0 atom stereocenters. The quantitative estimate of drug-likeness (QED) is 0.336. The second-order valence-electron chi connectivity index (χ2n) is 8.09. The van der Waals surface area contributed by atoms with Gasteiger partial charge in [0.05, 0.1) is 25.5 Å². The highest BCUT2D eigenvalue weighted by Crippen LogP contribution is 2.19. The second-order valence-corrected chi connectivity index (χ2v) is 8.09. The van der Waals surface area contributed by atoms with Gasteiger partial charge in [-0.15, -0.1) is 5.10 Å². The number of ether oxygens (including phenoxy) is 3. The molecule has 3 aromatic heterocycles. The van der Waals surface area contributed by atoms with Gasteiger partial charge in [-0.1, -0.05) is 6.07 Å². The number of benzene rings is 1. The molecule has 0 amide bonds. The van der Waals surface area contributed by atoms with Crippen molar-refractivity contribution in [2.24, 2.45) is 0 Å². The van der Waals surface area contributed by atoms with Crippen LogP contribution in [-0.2, 0) is 16.0 Å². The normalized spacial score (nSPS) is 13.4. The zero-order chi connectivity index (χ0) is 24.6. The lowest BCUT2D eigenvalue weighted by Crippen LogP contribution is -2.10. The Labute approximate surface area is 208 Å². The molecule has 0 radical (unpaired) electrons. The lowest BCUT2D eigenvalue weighted by atomic mass is 10.2. The van der Waals surface area contributed by atoms with Gasteiger partial charge in [0.15, 0.2) is 12.1 Å². The molecule has 1 N–H and O–H groups in total. The minimum absolute atomic E-state index is 0.0991. The Morgan fingerprint density at radius 1 is 1.08 bits per heavy atom. The van der Waals surface area contributed by atoms with Gasteiger partial charge in [-0.3, -0.25) is 4.98 Å². The van der Waals surface area contributed by atoms with Crippen molar-refractivity contribution in [1.82, 2.24) is 24.7 Å². The minimum Gasteiger partial charge on any atom is -0.478 e. The Bertz CT molecular complexity index is 1300. The standard InChI is InChI=1S/C26H25N7O3/c27-15-23-31-26(20-3-1-11-28-18-20)32-33(23)22-8-6-21(7-9-22)29-16-19-5-10-24(30-17-19)34-12-2-4-25-35-13-14-36-25/h1,3,5-11,17-18,25,29H,2,4,12-14,16H2. The average Bonchev–Trinajstić information content (AvgIpc) is 3.62. The smallest absolute Gasteiger partial charge is 0.236 e. The van der Waals surface area contributed by atoms with Crippen molar-refractivity contribution in [3.8, 4) is 29.0 Å². The highest BCUT2D eigenvalue weighted by molar-refractivity contribution is 5.55. The largest absolute Gasteiger partial charge is 0.478 e. The number of nitriles is 1. The van der Waals surface area contributed by atoms with Gasteiger partial charge in [0.1, 0.15) is 6.07 Å². The second kappa shape index (κ2) is 11.4. The molecule has 1 aliphatic heterocycles. The summed E-state index contributed by atoms with van der Waals surface area (Å²) in [7, 11) is 0. The summed E-state index contributed by atoms with van der Waals surface area (Å²) >= 11 is 0. The fraction of sp³-hybridized carbons (Fsp3) is 0.269. The van der Waals surface area contributed by atoms with Crippen LogP contribution in [0.1, 0.15) is 24.2 Å². The monoisotopic (exact) mass is 483 g/mol. The maximum absolute atomic E-state index is 9.50. The third-order valence-corrected chi connectivity index (χ3v) is 5.56. The molecule has 5 rings (SSSR count). The Kier molecular flexibility index (Phi) is 7.41. The molecule has 1 saturated heterocycles. The SMILES string of the molecule is N#Cc1nc(-c2cccnc2)nn1-c1ccc(NCc2ccc(OCCCC3OCCO3)nc2)cc1. The Balaban J connectivity index is 1.13. The maximum Gasteiger partial charge on any atom is 0.236 e. The molecule has 10 heteroatoms. The van der Waals surface area contributed by atoms with Crippen molar-refractivity contribution in [1.29, 1.82) is 5.26 Å². The van der Waals surface area contributed by atoms with E-state index < -0.39 is 0 Å². The number of rotatable bonds is 10. The molecule has 4 aromatic rings. The number of hydrogen-bond acceptors (Lipinski definition) is 9. The van der Waals surface area contributed by atoms with E-state index in [1.165, 1.54) is 4.68 Å². The van der Waals surface area contributed by atoms with Crippen molar-refractivity contribution in [2.75, 3.05) is 25.1 Å². The molecule has 182 valence electrons. The molecule has 1 aromatic carbocycles. The number of nitrogens with one attached hydrogen (secondary N) is 1. The summed E-state index contributed by atoms with van der Waals surface area (Å²) in [4.78, 5) is 12.8. The van der Waals surface area contributed by atoms with Gasteiger partial charge in [0.25, 0.3) is 0 Å². The van der Waals surface area contributed by atoms with Gasteiger partial charge in [-0.25, -0.2) is 9.67 Å². The summed E-state index contributed by atoms with van der Waals surface area (Å²) < 4.78 is 18.1. The van der Waals surface area contributed by atoms with Crippen molar-refractivity contribution in [3.63, 3.8) is 0 Å². The molecule has 0 aliphatic carbocycles. The summed E-state index contributed by atoms with van der Waals surface area (Å²) in [6.45, 7) is 2.53. The van der Waals surface area contributed by atoms with E-state index in [1.54, 1.807) is 18.6 Å². The van der Waals surface area contributed by atoms with E-state index >= 15 is 0 Å². The van der Waals surface area contributed by atoms with E-state index in [4.69, 9.17) is 14.2 Å². The lowest BCUT2D eigenvalue weighted by molar-refractivity contribution is -0.0493.